The summed E-state index contributed by atoms with van der Waals surface area (Å²) in [4.78, 5) is 8.82. The van der Waals surface area contributed by atoms with Gasteiger partial charge < -0.3 is 5.32 Å². The Labute approximate surface area is 119 Å². The molecule has 0 amide bonds. The van der Waals surface area contributed by atoms with Crippen molar-refractivity contribution in [3.05, 3.63) is 24.3 Å². The number of anilines is 2. The fourth-order valence-corrected chi connectivity index (χ4v) is 2.88. The minimum atomic E-state index is 0.447. The van der Waals surface area contributed by atoms with Crippen LogP contribution in [0.1, 0.15) is 32.6 Å². The van der Waals surface area contributed by atoms with E-state index in [2.05, 4.69) is 27.6 Å². The second-order valence-corrected chi connectivity index (χ2v) is 5.62. The Hall–Kier alpha value is -1.88. The molecule has 0 aliphatic heterocycles. The summed E-state index contributed by atoms with van der Waals surface area (Å²) in [6.45, 7) is 3.24. The lowest BCUT2D eigenvalue weighted by atomic mass is 9.67. The third-order valence-corrected chi connectivity index (χ3v) is 4.53. The monoisotopic (exact) mass is 271 g/mol. The third-order valence-electron chi connectivity index (χ3n) is 4.53. The van der Waals surface area contributed by atoms with Gasteiger partial charge in [0.2, 0.25) is 5.95 Å². The predicted octanol–water partition coefficient (Wildman–Crippen LogP) is 2.91. The van der Waals surface area contributed by atoms with Crippen LogP contribution in [-0.2, 0) is 0 Å². The first kappa shape index (κ1) is 13.1. The fourth-order valence-electron chi connectivity index (χ4n) is 2.88. The van der Waals surface area contributed by atoms with Crippen molar-refractivity contribution in [1.29, 1.82) is 0 Å². The molecule has 1 aromatic carbocycles. The van der Waals surface area contributed by atoms with Crippen molar-refractivity contribution in [1.82, 2.24) is 9.97 Å². The maximum absolute atomic E-state index is 5.45. The molecule has 1 aliphatic rings. The molecule has 0 radical (unpaired) electrons. The second-order valence-electron chi connectivity index (χ2n) is 5.62. The first-order valence-electron chi connectivity index (χ1n) is 7.24. The van der Waals surface area contributed by atoms with Crippen LogP contribution in [0.5, 0.6) is 0 Å². The molecular weight excluding hydrogens is 250 g/mol. The van der Waals surface area contributed by atoms with Crippen molar-refractivity contribution in [3.63, 3.8) is 0 Å². The van der Waals surface area contributed by atoms with Crippen LogP contribution < -0.4 is 16.6 Å². The Bertz CT molecular complexity index is 601. The number of nitrogens with zero attached hydrogens (tertiary/aromatic N) is 2. The van der Waals surface area contributed by atoms with Gasteiger partial charge >= 0.3 is 0 Å². The number of para-hydroxylation sites is 1. The molecule has 0 saturated heterocycles. The van der Waals surface area contributed by atoms with Crippen LogP contribution in [0.3, 0.4) is 0 Å². The van der Waals surface area contributed by atoms with E-state index >= 15 is 0 Å². The van der Waals surface area contributed by atoms with Gasteiger partial charge in [-0.15, -0.1) is 0 Å². The largest absolute Gasteiger partial charge is 0.369 e. The van der Waals surface area contributed by atoms with Gasteiger partial charge in [0.25, 0.3) is 0 Å². The summed E-state index contributed by atoms with van der Waals surface area (Å²) in [5.74, 6) is 6.77. The molecule has 106 valence electrons. The molecule has 0 spiro atoms. The minimum absolute atomic E-state index is 0.447. The highest BCUT2D eigenvalue weighted by Gasteiger charge is 2.34. The normalized spacial score (nSPS) is 16.7. The molecule has 5 heteroatoms. The minimum Gasteiger partial charge on any atom is -0.369 e. The summed E-state index contributed by atoms with van der Waals surface area (Å²) in [5, 5.41) is 4.55. The average Bonchev–Trinajstić information content (AvgIpc) is 2.46. The Morgan fingerprint density at radius 3 is 2.70 bits per heavy atom. The summed E-state index contributed by atoms with van der Waals surface area (Å²) in [6, 6.07) is 7.99. The van der Waals surface area contributed by atoms with Gasteiger partial charge in [0.05, 0.1) is 5.52 Å². The molecule has 5 nitrogen and oxygen atoms in total. The van der Waals surface area contributed by atoms with Crippen molar-refractivity contribution in [3.8, 4) is 0 Å². The fraction of sp³-hybridized carbons (Fsp3) is 0.467. The van der Waals surface area contributed by atoms with Gasteiger partial charge in [-0.05, 0) is 36.8 Å². The number of nitrogens with one attached hydrogen (secondary N) is 2. The number of fused-ring (bicyclic) bond motifs is 1. The van der Waals surface area contributed by atoms with E-state index in [1.54, 1.807) is 0 Å². The quantitative estimate of drug-likeness (QED) is 0.576. The highest BCUT2D eigenvalue weighted by molar-refractivity contribution is 5.89. The zero-order valence-corrected chi connectivity index (χ0v) is 11.8. The lowest BCUT2D eigenvalue weighted by molar-refractivity contribution is 0.145. The number of nitrogens with two attached hydrogens (primary N) is 1. The molecule has 1 aliphatic carbocycles. The molecule has 1 aromatic heterocycles. The van der Waals surface area contributed by atoms with E-state index in [1.165, 1.54) is 25.7 Å². The van der Waals surface area contributed by atoms with Crippen molar-refractivity contribution < 1.29 is 0 Å². The lowest BCUT2D eigenvalue weighted by Crippen LogP contribution is -2.36. The van der Waals surface area contributed by atoms with Crippen LogP contribution in [-0.4, -0.2) is 16.5 Å². The van der Waals surface area contributed by atoms with Crippen LogP contribution in [0.2, 0.25) is 0 Å². The van der Waals surface area contributed by atoms with E-state index in [4.69, 9.17) is 5.84 Å². The lowest BCUT2D eigenvalue weighted by Gasteiger charge is -2.41. The molecule has 0 atom stereocenters. The maximum atomic E-state index is 5.45. The molecule has 2 aromatic rings. The van der Waals surface area contributed by atoms with Crippen molar-refractivity contribution in [2.45, 2.75) is 32.6 Å². The van der Waals surface area contributed by atoms with Gasteiger partial charge in [0.1, 0.15) is 5.82 Å². The van der Waals surface area contributed by atoms with E-state index in [-0.39, 0.29) is 0 Å². The molecule has 1 heterocycles. The number of hydrogen-bond donors (Lipinski definition) is 3. The van der Waals surface area contributed by atoms with E-state index in [0.717, 1.165) is 23.3 Å². The number of nitrogen functional groups attached to an aromatic ring is 1. The third kappa shape index (κ3) is 2.29. The number of hydrazine groups is 1. The van der Waals surface area contributed by atoms with E-state index in [9.17, 15) is 0 Å². The van der Waals surface area contributed by atoms with Crippen LogP contribution in [0.4, 0.5) is 11.8 Å². The Balaban J connectivity index is 1.89. The van der Waals surface area contributed by atoms with Crippen LogP contribution >= 0.6 is 0 Å². The summed E-state index contributed by atoms with van der Waals surface area (Å²) < 4.78 is 0. The zero-order chi connectivity index (χ0) is 14.0. The summed E-state index contributed by atoms with van der Waals surface area (Å²) >= 11 is 0. The number of hydrogen-bond acceptors (Lipinski definition) is 5. The standard InChI is InChI=1S/C15H21N5/c1-2-15(8-5-9-15)10-17-13-11-6-3-4-7-12(11)18-14(19-13)20-16/h3-4,6-7H,2,5,8-10,16H2,1H3,(H2,17,18,19,20). The molecule has 1 fully saturated rings. The first-order chi connectivity index (χ1) is 9.76. The van der Waals surface area contributed by atoms with E-state index in [1.807, 2.05) is 24.3 Å². The number of rotatable bonds is 5. The Morgan fingerprint density at radius 2 is 2.05 bits per heavy atom. The second kappa shape index (κ2) is 5.25. The molecule has 0 unspecified atom stereocenters. The highest BCUT2D eigenvalue weighted by Crippen LogP contribution is 2.43. The molecule has 1 saturated carbocycles. The SMILES string of the molecule is CCC1(CNc2nc(NN)nc3ccccc23)CCC1. The number of benzene rings is 1. The van der Waals surface area contributed by atoms with Gasteiger partial charge in [-0.25, -0.2) is 10.8 Å². The first-order valence-corrected chi connectivity index (χ1v) is 7.24. The van der Waals surface area contributed by atoms with Crippen molar-refractivity contribution in [2.24, 2.45) is 11.3 Å². The molecule has 20 heavy (non-hydrogen) atoms. The zero-order valence-electron chi connectivity index (χ0n) is 11.8. The van der Waals surface area contributed by atoms with Crippen LogP contribution in [0.25, 0.3) is 10.9 Å². The predicted molar refractivity (Wildman–Crippen MR) is 82.4 cm³/mol. The average molecular weight is 271 g/mol. The van der Waals surface area contributed by atoms with Crippen LogP contribution in [0, 0.1) is 5.41 Å². The molecule has 3 rings (SSSR count). The maximum Gasteiger partial charge on any atom is 0.239 e. The summed E-state index contributed by atoms with van der Waals surface area (Å²) in [7, 11) is 0. The van der Waals surface area contributed by atoms with Gasteiger partial charge in [-0.3, -0.25) is 5.43 Å². The van der Waals surface area contributed by atoms with Gasteiger partial charge in [-0.1, -0.05) is 25.5 Å². The highest BCUT2D eigenvalue weighted by atomic mass is 15.3. The summed E-state index contributed by atoms with van der Waals surface area (Å²) in [5.41, 5.74) is 3.88. The number of aromatic nitrogens is 2. The molecular formula is C15H21N5. The van der Waals surface area contributed by atoms with E-state index in [0.29, 0.717) is 11.4 Å². The van der Waals surface area contributed by atoms with Crippen molar-refractivity contribution in [2.75, 3.05) is 17.3 Å². The van der Waals surface area contributed by atoms with Gasteiger partial charge in [0.15, 0.2) is 0 Å². The van der Waals surface area contributed by atoms with Crippen molar-refractivity contribution >= 4 is 22.7 Å². The topological polar surface area (TPSA) is 75.9 Å². The van der Waals surface area contributed by atoms with Gasteiger partial charge in [-0.2, -0.15) is 4.98 Å². The Kier molecular flexibility index (Phi) is 3.44. The van der Waals surface area contributed by atoms with Crippen LogP contribution in [0.15, 0.2) is 24.3 Å². The molecule has 0 bridgehead atoms. The summed E-state index contributed by atoms with van der Waals surface area (Å²) in [6.07, 6.45) is 5.17. The Morgan fingerprint density at radius 1 is 1.25 bits per heavy atom. The molecule has 4 N–H and O–H groups in total. The van der Waals surface area contributed by atoms with E-state index < -0.39 is 0 Å². The smallest absolute Gasteiger partial charge is 0.239 e. The van der Waals surface area contributed by atoms with Gasteiger partial charge in [0, 0.05) is 11.9 Å².